The lowest BCUT2D eigenvalue weighted by Crippen LogP contribution is -2.62. The first kappa shape index (κ1) is 52.4. The molecule has 0 spiro atoms. The number of hydrogen-bond acceptors (Lipinski definition) is 8. The van der Waals surface area contributed by atoms with Crippen LogP contribution in [-0.4, -0.2) is 21.7 Å². The first-order valence-electron chi connectivity index (χ1n) is 28.8. The molecule has 2 aliphatic rings. The summed E-state index contributed by atoms with van der Waals surface area (Å²) in [4.78, 5) is 26.2. The highest BCUT2D eigenvalue weighted by molar-refractivity contribution is 7.00. The Bertz CT molecular complexity index is 4090. The summed E-state index contributed by atoms with van der Waals surface area (Å²) in [6, 6.07) is 70.3. The molecule has 0 amide bonds. The van der Waals surface area contributed by atoms with Gasteiger partial charge in [0.05, 0.1) is 29.5 Å². The Hall–Kier alpha value is -8.95. The SMILES string of the molecule is CC(C)(C)c1ccc(N(c2ccc(C(C)(C)C)cc2)c2ccc3c(n2)N(c2ccccc2)c2cncc4c2B3c2ccc(N(c3ccc(C(C)(C)C)cc3)c3ccc(C(C)(C)C)cc3)nc2N4c2cccc3c2oc2ccccc23)cc1. The zero-order valence-corrected chi connectivity index (χ0v) is 49.2. The number of anilines is 12. The third-order valence-electron chi connectivity index (χ3n) is 16.6. The van der Waals surface area contributed by atoms with Crippen molar-refractivity contribution in [2.24, 2.45) is 0 Å². The molecule has 13 rings (SSSR count). The molecule has 0 atom stereocenters. The fourth-order valence-corrected chi connectivity index (χ4v) is 12.0. The van der Waals surface area contributed by atoms with Crippen molar-refractivity contribution in [3.63, 3.8) is 0 Å². The predicted molar refractivity (Wildman–Crippen MR) is 345 cm³/mol. The maximum atomic E-state index is 6.93. The summed E-state index contributed by atoms with van der Waals surface area (Å²) in [5.74, 6) is 3.19. The van der Waals surface area contributed by atoms with Gasteiger partial charge in [-0.3, -0.25) is 24.6 Å². The molecule has 0 saturated heterocycles. The van der Waals surface area contributed by atoms with Crippen molar-refractivity contribution in [2.45, 2.75) is 105 Å². The molecule has 0 bridgehead atoms. The average molecular weight is 1070 g/mol. The number of fused-ring (bicyclic) bond motifs is 7. The molecule has 0 radical (unpaired) electrons. The molecule has 4 aromatic heterocycles. The quantitative estimate of drug-likeness (QED) is 0.140. The standard InChI is InChI=1S/C73H70BN7O/c1-70(2,3)47-25-33-52(34-26-47)78(53-35-27-48(28-36-53)71(4,5)6)64-43-41-58-68(76-64)80(51-19-14-13-15-20-51)61-45-75-46-62-66(61)74(58)59-42-44-65(77-69(59)81(62)60-23-18-22-57-56-21-16-17-24-63(56)82-67(57)60)79(54-37-29-49(30-38-54)72(7,8)9)55-39-31-50(32-40-55)73(10,11)12/h13-46H,1-12H3. The monoisotopic (exact) mass is 1070 g/mol. The number of nitrogens with zero attached hydrogens (tertiary/aromatic N) is 7. The molecule has 6 heterocycles. The molecule has 9 heteroatoms. The normalized spacial score (nSPS) is 13.3. The summed E-state index contributed by atoms with van der Waals surface area (Å²) in [6.45, 7) is 26.8. The molecule has 0 unspecified atom stereocenters. The molecule has 0 saturated carbocycles. The lowest BCUT2D eigenvalue weighted by molar-refractivity contribution is 0.590. The van der Waals surface area contributed by atoms with Gasteiger partial charge in [0, 0.05) is 39.2 Å². The summed E-state index contributed by atoms with van der Waals surface area (Å²) in [7, 11) is 0. The second-order valence-electron chi connectivity index (χ2n) is 26.3. The van der Waals surface area contributed by atoms with Crippen LogP contribution >= 0.6 is 0 Å². The van der Waals surface area contributed by atoms with Gasteiger partial charge in [-0.05, 0) is 145 Å². The summed E-state index contributed by atoms with van der Waals surface area (Å²) in [5.41, 5.74) is 17.6. The summed E-state index contributed by atoms with van der Waals surface area (Å²) in [6.07, 6.45) is 4.03. The predicted octanol–water partition coefficient (Wildman–Crippen LogP) is 18.0. The maximum absolute atomic E-state index is 6.93. The largest absolute Gasteiger partial charge is 0.454 e. The van der Waals surface area contributed by atoms with Gasteiger partial charge in [-0.25, -0.2) is 9.97 Å². The van der Waals surface area contributed by atoms with Crippen LogP contribution in [0.2, 0.25) is 0 Å². The van der Waals surface area contributed by atoms with Gasteiger partial charge < -0.3 is 4.42 Å². The number of para-hydroxylation sites is 3. The van der Waals surface area contributed by atoms with E-state index >= 15 is 0 Å². The smallest absolute Gasteiger partial charge is 0.256 e. The van der Waals surface area contributed by atoms with E-state index in [1.807, 2.05) is 24.5 Å². The fourth-order valence-electron chi connectivity index (χ4n) is 12.0. The topological polar surface area (TPSA) is 64.8 Å². The molecule has 406 valence electrons. The lowest BCUT2D eigenvalue weighted by Gasteiger charge is -2.43. The van der Waals surface area contributed by atoms with Gasteiger partial charge >= 0.3 is 0 Å². The van der Waals surface area contributed by atoms with Crippen molar-refractivity contribution >= 4 is 114 Å². The van der Waals surface area contributed by atoms with Gasteiger partial charge in [0.15, 0.2) is 5.58 Å². The Morgan fingerprint density at radius 1 is 0.378 bits per heavy atom. The molecular formula is C73H70BN7O. The van der Waals surface area contributed by atoms with Crippen molar-refractivity contribution in [1.82, 2.24) is 15.0 Å². The summed E-state index contributed by atoms with van der Waals surface area (Å²) < 4.78 is 6.93. The Balaban J connectivity index is 1.06. The van der Waals surface area contributed by atoms with E-state index in [0.717, 1.165) is 107 Å². The number of hydrogen-bond donors (Lipinski definition) is 0. The van der Waals surface area contributed by atoms with E-state index in [2.05, 4.69) is 285 Å². The minimum Gasteiger partial charge on any atom is -0.454 e. The minimum atomic E-state index is -0.289. The fraction of sp³-hybridized carbons (Fsp3) is 0.219. The van der Waals surface area contributed by atoms with E-state index in [1.165, 1.54) is 22.3 Å². The highest BCUT2D eigenvalue weighted by atomic mass is 16.3. The zero-order valence-electron chi connectivity index (χ0n) is 49.2. The van der Waals surface area contributed by atoms with E-state index in [4.69, 9.17) is 19.4 Å². The van der Waals surface area contributed by atoms with Crippen molar-refractivity contribution in [3.05, 3.63) is 229 Å². The third kappa shape index (κ3) is 9.07. The van der Waals surface area contributed by atoms with Crippen molar-refractivity contribution in [3.8, 4) is 0 Å². The van der Waals surface area contributed by atoms with Gasteiger partial charge in [0.2, 0.25) is 0 Å². The van der Waals surface area contributed by atoms with E-state index in [1.54, 1.807) is 0 Å². The van der Waals surface area contributed by atoms with Crippen LogP contribution in [0.5, 0.6) is 0 Å². The maximum Gasteiger partial charge on any atom is 0.256 e. The summed E-state index contributed by atoms with van der Waals surface area (Å²) in [5, 5.41) is 2.09. The van der Waals surface area contributed by atoms with Gasteiger partial charge in [0.25, 0.3) is 6.71 Å². The number of furan rings is 1. The second kappa shape index (κ2) is 19.4. The van der Waals surface area contributed by atoms with Crippen LogP contribution in [0.25, 0.3) is 21.9 Å². The van der Waals surface area contributed by atoms with Crippen LogP contribution in [0.4, 0.5) is 68.8 Å². The van der Waals surface area contributed by atoms with Gasteiger partial charge in [-0.2, -0.15) is 0 Å². The highest BCUT2D eigenvalue weighted by Crippen LogP contribution is 2.48. The van der Waals surface area contributed by atoms with Crippen LogP contribution in [0, 0.1) is 0 Å². The minimum absolute atomic E-state index is 0.00793. The van der Waals surface area contributed by atoms with Crippen LogP contribution in [-0.2, 0) is 21.7 Å². The van der Waals surface area contributed by atoms with E-state index in [9.17, 15) is 0 Å². The molecule has 0 N–H and O–H groups in total. The van der Waals surface area contributed by atoms with E-state index < -0.39 is 0 Å². The average Bonchev–Trinajstić information content (AvgIpc) is 3.57. The number of rotatable bonds is 8. The van der Waals surface area contributed by atoms with Crippen LogP contribution in [0.15, 0.2) is 211 Å². The summed E-state index contributed by atoms with van der Waals surface area (Å²) >= 11 is 0. The van der Waals surface area contributed by atoms with Crippen LogP contribution in [0.1, 0.15) is 105 Å². The molecule has 0 fully saturated rings. The molecule has 82 heavy (non-hydrogen) atoms. The highest BCUT2D eigenvalue weighted by Gasteiger charge is 2.46. The van der Waals surface area contributed by atoms with Gasteiger partial charge in [-0.1, -0.05) is 192 Å². The van der Waals surface area contributed by atoms with Crippen molar-refractivity contribution in [2.75, 3.05) is 19.6 Å². The number of aromatic nitrogens is 3. The Labute approximate surface area is 483 Å². The Morgan fingerprint density at radius 2 is 0.780 bits per heavy atom. The second-order valence-corrected chi connectivity index (χ2v) is 26.3. The first-order valence-corrected chi connectivity index (χ1v) is 28.8. The molecule has 0 aliphatic carbocycles. The zero-order chi connectivity index (χ0) is 57.0. The molecule has 7 aromatic carbocycles. The first-order chi connectivity index (χ1) is 39.2. The Kier molecular flexibility index (Phi) is 12.4. The Morgan fingerprint density at radius 3 is 1.23 bits per heavy atom. The van der Waals surface area contributed by atoms with Crippen LogP contribution in [0.3, 0.4) is 0 Å². The molecule has 8 nitrogen and oxygen atoms in total. The number of pyridine rings is 3. The number of benzene rings is 7. The van der Waals surface area contributed by atoms with E-state index in [-0.39, 0.29) is 28.4 Å². The van der Waals surface area contributed by atoms with E-state index in [0.29, 0.717) is 0 Å². The van der Waals surface area contributed by atoms with Crippen molar-refractivity contribution < 1.29 is 4.42 Å². The molecular weight excluding hydrogens is 1000 g/mol. The molecule has 2 aliphatic heterocycles. The lowest BCUT2D eigenvalue weighted by atomic mass is 9.34. The van der Waals surface area contributed by atoms with Gasteiger partial charge in [-0.15, -0.1) is 0 Å². The van der Waals surface area contributed by atoms with Crippen molar-refractivity contribution in [1.29, 1.82) is 0 Å². The molecule has 11 aromatic rings. The third-order valence-corrected chi connectivity index (χ3v) is 16.6. The van der Waals surface area contributed by atoms with Crippen LogP contribution < -0.4 is 36.0 Å². The van der Waals surface area contributed by atoms with Gasteiger partial charge in [0.1, 0.15) is 28.9 Å².